The maximum Gasteiger partial charge on any atom is 0.272 e. The molecular weight excluding hydrogens is 390 g/mol. The standard InChI is InChI=1S/C21H20BrN3O/c1-14-4-9-18-17(12-14)19(23-16-7-5-15(22)6-8-16)13-20(24-18)21(26)25-10-2-3-11-25/h4-9,12-13H,2-3,10-11H2,1H3,(H,23,24). The highest BCUT2D eigenvalue weighted by Crippen LogP contribution is 2.29. The van der Waals surface area contributed by atoms with Crippen molar-refractivity contribution in [3.63, 3.8) is 0 Å². The van der Waals surface area contributed by atoms with Gasteiger partial charge in [0.15, 0.2) is 0 Å². The van der Waals surface area contributed by atoms with Gasteiger partial charge in [-0.3, -0.25) is 4.79 Å². The largest absolute Gasteiger partial charge is 0.355 e. The van der Waals surface area contributed by atoms with Crippen LogP contribution in [0.2, 0.25) is 0 Å². The van der Waals surface area contributed by atoms with Crippen molar-refractivity contribution in [1.29, 1.82) is 0 Å². The monoisotopic (exact) mass is 409 g/mol. The van der Waals surface area contributed by atoms with Crippen LogP contribution >= 0.6 is 15.9 Å². The van der Waals surface area contributed by atoms with E-state index < -0.39 is 0 Å². The summed E-state index contributed by atoms with van der Waals surface area (Å²) >= 11 is 3.46. The van der Waals surface area contributed by atoms with Gasteiger partial charge in [-0.25, -0.2) is 4.98 Å². The van der Waals surface area contributed by atoms with Gasteiger partial charge < -0.3 is 10.2 Å². The first-order valence-corrected chi connectivity index (χ1v) is 9.63. The van der Waals surface area contributed by atoms with Gasteiger partial charge in [-0.05, 0) is 62.2 Å². The zero-order valence-corrected chi connectivity index (χ0v) is 16.2. The SMILES string of the molecule is Cc1ccc2nc(C(=O)N3CCCC3)cc(Nc3ccc(Br)cc3)c2c1. The second-order valence-corrected chi connectivity index (χ2v) is 7.62. The number of aromatic nitrogens is 1. The summed E-state index contributed by atoms with van der Waals surface area (Å²) in [5.41, 5.74) is 4.38. The fraction of sp³-hybridized carbons (Fsp3) is 0.238. The lowest BCUT2D eigenvalue weighted by Gasteiger charge is -2.17. The maximum absolute atomic E-state index is 12.8. The van der Waals surface area contributed by atoms with Crippen LogP contribution in [0.25, 0.3) is 10.9 Å². The molecule has 0 unspecified atom stereocenters. The van der Waals surface area contributed by atoms with Crippen LogP contribution in [0.3, 0.4) is 0 Å². The average Bonchev–Trinajstić information content (AvgIpc) is 3.18. The number of hydrogen-bond acceptors (Lipinski definition) is 3. The molecule has 0 radical (unpaired) electrons. The van der Waals surface area contributed by atoms with E-state index >= 15 is 0 Å². The predicted molar refractivity (Wildman–Crippen MR) is 109 cm³/mol. The summed E-state index contributed by atoms with van der Waals surface area (Å²) in [6, 6.07) is 16.0. The highest BCUT2D eigenvalue weighted by Gasteiger charge is 2.22. The predicted octanol–water partition coefficient (Wildman–Crippen LogP) is 5.29. The lowest BCUT2D eigenvalue weighted by molar-refractivity contribution is 0.0787. The average molecular weight is 410 g/mol. The molecular formula is C21H20BrN3O. The Hall–Kier alpha value is -2.40. The second-order valence-electron chi connectivity index (χ2n) is 6.71. The topological polar surface area (TPSA) is 45.2 Å². The number of benzene rings is 2. The summed E-state index contributed by atoms with van der Waals surface area (Å²) in [4.78, 5) is 19.4. The van der Waals surface area contributed by atoms with E-state index in [9.17, 15) is 4.79 Å². The van der Waals surface area contributed by atoms with Crippen LogP contribution in [-0.2, 0) is 0 Å². The molecule has 0 bridgehead atoms. The fourth-order valence-electron chi connectivity index (χ4n) is 3.32. The Morgan fingerprint density at radius 1 is 1.08 bits per heavy atom. The van der Waals surface area contributed by atoms with Gasteiger partial charge in [0.25, 0.3) is 5.91 Å². The first-order valence-electron chi connectivity index (χ1n) is 8.83. The van der Waals surface area contributed by atoms with Crippen LogP contribution in [0, 0.1) is 6.92 Å². The molecule has 1 amide bonds. The first-order chi connectivity index (χ1) is 12.6. The molecule has 1 aliphatic heterocycles. The van der Waals surface area contributed by atoms with Crippen molar-refractivity contribution in [2.45, 2.75) is 19.8 Å². The molecule has 1 aromatic heterocycles. The molecule has 3 aromatic rings. The summed E-state index contributed by atoms with van der Waals surface area (Å²) in [6.07, 6.45) is 2.14. The number of nitrogens with zero attached hydrogens (tertiary/aromatic N) is 2. The van der Waals surface area contributed by atoms with Crippen molar-refractivity contribution in [2.75, 3.05) is 18.4 Å². The van der Waals surface area contributed by atoms with Crippen molar-refractivity contribution >= 4 is 44.1 Å². The van der Waals surface area contributed by atoms with Crippen molar-refractivity contribution in [2.24, 2.45) is 0 Å². The van der Waals surface area contributed by atoms with E-state index in [0.717, 1.165) is 58.2 Å². The minimum Gasteiger partial charge on any atom is -0.355 e. The number of fused-ring (bicyclic) bond motifs is 1. The molecule has 4 rings (SSSR count). The summed E-state index contributed by atoms with van der Waals surface area (Å²) in [5, 5.41) is 4.47. The molecule has 0 spiro atoms. The van der Waals surface area contributed by atoms with Crippen LogP contribution in [0.4, 0.5) is 11.4 Å². The fourth-order valence-corrected chi connectivity index (χ4v) is 3.59. The highest BCUT2D eigenvalue weighted by molar-refractivity contribution is 9.10. The van der Waals surface area contributed by atoms with Gasteiger partial charge in [-0.15, -0.1) is 0 Å². The van der Waals surface area contributed by atoms with Crippen LogP contribution in [0.5, 0.6) is 0 Å². The quantitative estimate of drug-likeness (QED) is 0.639. The lowest BCUT2D eigenvalue weighted by atomic mass is 10.1. The molecule has 0 aliphatic carbocycles. The third-order valence-corrected chi connectivity index (χ3v) is 5.23. The van der Waals surface area contributed by atoms with E-state index in [0.29, 0.717) is 5.69 Å². The zero-order chi connectivity index (χ0) is 18.1. The van der Waals surface area contributed by atoms with Crippen LogP contribution in [0.15, 0.2) is 53.0 Å². The van der Waals surface area contributed by atoms with Crippen molar-refractivity contribution in [3.8, 4) is 0 Å². The van der Waals surface area contributed by atoms with E-state index in [-0.39, 0.29) is 5.91 Å². The number of carbonyl (C=O) groups excluding carboxylic acids is 1. The van der Waals surface area contributed by atoms with Gasteiger partial charge in [0.2, 0.25) is 0 Å². The third-order valence-electron chi connectivity index (χ3n) is 4.70. The summed E-state index contributed by atoms with van der Waals surface area (Å²) in [6.45, 7) is 3.70. The van der Waals surface area contributed by atoms with Crippen molar-refractivity contribution in [1.82, 2.24) is 9.88 Å². The summed E-state index contributed by atoms with van der Waals surface area (Å²) < 4.78 is 1.03. The Labute approximate surface area is 161 Å². The van der Waals surface area contributed by atoms with Gasteiger partial charge in [-0.2, -0.15) is 0 Å². The van der Waals surface area contributed by atoms with Crippen LogP contribution in [0.1, 0.15) is 28.9 Å². The molecule has 1 saturated heterocycles. The molecule has 2 aromatic carbocycles. The highest BCUT2D eigenvalue weighted by atomic mass is 79.9. The van der Waals surface area contributed by atoms with E-state index in [1.165, 1.54) is 0 Å². The third kappa shape index (κ3) is 3.44. The Balaban J connectivity index is 1.78. The number of nitrogens with one attached hydrogen (secondary N) is 1. The number of anilines is 2. The molecule has 1 aliphatic rings. The number of pyridine rings is 1. The molecule has 2 heterocycles. The molecule has 0 saturated carbocycles. The van der Waals surface area contributed by atoms with Gasteiger partial charge >= 0.3 is 0 Å². The summed E-state index contributed by atoms with van der Waals surface area (Å²) in [5.74, 6) is 0.0174. The Morgan fingerprint density at radius 2 is 1.81 bits per heavy atom. The molecule has 132 valence electrons. The Bertz CT molecular complexity index is 963. The van der Waals surface area contributed by atoms with Gasteiger partial charge in [-0.1, -0.05) is 27.6 Å². The van der Waals surface area contributed by atoms with Gasteiger partial charge in [0, 0.05) is 28.6 Å². The lowest BCUT2D eigenvalue weighted by Crippen LogP contribution is -2.28. The minimum atomic E-state index is 0.0174. The normalized spacial score (nSPS) is 14.0. The molecule has 1 N–H and O–H groups in total. The van der Waals surface area contributed by atoms with E-state index in [4.69, 9.17) is 0 Å². The number of rotatable bonds is 3. The van der Waals surface area contributed by atoms with E-state index in [2.05, 4.69) is 39.2 Å². The van der Waals surface area contributed by atoms with Crippen molar-refractivity contribution < 1.29 is 4.79 Å². The Kier molecular flexibility index (Phi) is 4.64. The summed E-state index contributed by atoms with van der Waals surface area (Å²) in [7, 11) is 0. The van der Waals surface area contributed by atoms with Crippen molar-refractivity contribution in [3.05, 3.63) is 64.3 Å². The number of carbonyl (C=O) groups is 1. The number of likely N-dealkylation sites (tertiary alicyclic amines) is 1. The number of amides is 1. The van der Waals surface area contributed by atoms with Gasteiger partial charge in [0.1, 0.15) is 5.69 Å². The second kappa shape index (κ2) is 7.08. The molecule has 5 heteroatoms. The zero-order valence-electron chi connectivity index (χ0n) is 14.6. The molecule has 4 nitrogen and oxygen atoms in total. The molecule has 0 atom stereocenters. The number of aryl methyl sites for hydroxylation is 1. The van der Waals surface area contributed by atoms with E-state index in [1.807, 2.05) is 47.4 Å². The minimum absolute atomic E-state index is 0.0174. The first kappa shape index (κ1) is 17.0. The molecule has 26 heavy (non-hydrogen) atoms. The number of halogens is 1. The molecule has 1 fully saturated rings. The number of hydrogen-bond donors (Lipinski definition) is 1. The van der Waals surface area contributed by atoms with Crippen LogP contribution < -0.4 is 5.32 Å². The van der Waals surface area contributed by atoms with E-state index in [1.54, 1.807) is 0 Å². The van der Waals surface area contributed by atoms with Crippen LogP contribution in [-0.4, -0.2) is 28.9 Å². The van der Waals surface area contributed by atoms with Gasteiger partial charge in [0.05, 0.1) is 11.2 Å². The smallest absolute Gasteiger partial charge is 0.272 e. The Morgan fingerprint density at radius 3 is 2.54 bits per heavy atom. The maximum atomic E-state index is 12.8.